The molecule has 1 aliphatic heterocycles. The Hall–Kier alpha value is -2.32. The normalized spacial score (nSPS) is 17.1. The quantitative estimate of drug-likeness (QED) is 0.699. The predicted molar refractivity (Wildman–Crippen MR) is 105 cm³/mol. The number of amides is 2. The van der Waals surface area contributed by atoms with Crippen LogP contribution in [0.5, 0.6) is 0 Å². The van der Waals surface area contributed by atoms with E-state index in [4.69, 9.17) is 0 Å². The Bertz CT molecular complexity index is 912. The zero-order chi connectivity index (χ0) is 18.6. The van der Waals surface area contributed by atoms with Gasteiger partial charge in [-0.15, -0.1) is 21.5 Å². The van der Waals surface area contributed by atoms with Crippen LogP contribution in [-0.4, -0.2) is 34.2 Å². The van der Waals surface area contributed by atoms with E-state index in [1.165, 1.54) is 17.4 Å². The fraction of sp³-hybridized carbons (Fsp3) is 0.316. The fourth-order valence-electron chi connectivity index (χ4n) is 3.19. The molecule has 4 rings (SSSR count). The summed E-state index contributed by atoms with van der Waals surface area (Å²) < 4.78 is 14.0. The summed E-state index contributed by atoms with van der Waals surface area (Å²) in [6.45, 7) is 1.90. The summed E-state index contributed by atoms with van der Waals surface area (Å²) in [4.78, 5) is 15.5. The van der Waals surface area contributed by atoms with Crippen molar-refractivity contribution in [2.45, 2.75) is 25.3 Å². The zero-order valence-corrected chi connectivity index (χ0v) is 16.2. The molecule has 1 atom stereocenters. The Morgan fingerprint density at radius 1 is 1.26 bits per heavy atom. The van der Waals surface area contributed by atoms with Gasteiger partial charge in [0.25, 0.3) is 0 Å². The average molecular weight is 403 g/mol. The molecule has 1 aliphatic rings. The minimum absolute atomic E-state index is 0.0491. The van der Waals surface area contributed by atoms with Gasteiger partial charge in [-0.3, -0.25) is 0 Å². The van der Waals surface area contributed by atoms with Crippen LogP contribution < -0.4 is 5.32 Å². The Morgan fingerprint density at radius 2 is 2.15 bits per heavy atom. The van der Waals surface area contributed by atoms with E-state index in [2.05, 4.69) is 15.5 Å². The molecular weight excluding hydrogens is 383 g/mol. The first kappa shape index (κ1) is 18.1. The summed E-state index contributed by atoms with van der Waals surface area (Å²) in [6, 6.07) is 10.5. The first-order valence-electron chi connectivity index (χ1n) is 8.84. The van der Waals surface area contributed by atoms with Crippen molar-refractivity contribution >= 4 is 28.7 Å². The molecule has 27 heavy (non-hydrogen) atoms. The number of urea groups is 1. The van der Waals surface area contributed by atoms with Crippen LogP contribution in [0.25, 0.3) is 10.6 Å². The van der Waals surface area contributed by atoms with Gasteiger partial charge in [0.05, 0.1) is 6.54 Å². The smallest absolute Gasteiger partial charge is 0.317 e. The van der Waals surface area contributed by atoms with E-state index in [-0.39, 0.29) is 17.8 Å². The maximum atomic E-state index is 14.0. The first-order chi connectivity index (χ1) is 13.2. The van der Waals surface area contributed by atoms with Gasteiger partial charge in [0, 0.05) is 29.4 Å². The largest absolute Gasteiger partial charge is 0.333 e. The van der Waals surface area contributed by atoms with Crippen molar-refractivity contribution in [1.29, 1.82) is 0 Å². The number of aromatic nitrogens is 2. The molecular formula is C19H19FN4OS2. The molecule has 5 nitrogen and oxygen atoms in total. The lowest BCUT2D eigenvalue weighted by molar-refractivity contribution is 0.179. The van der Waals surface area contributed by atoms with Gasteiger partial charge in [0.1, 0.15) is 10.8 Å². The molecule has 0 saturated carbocycles. The Labute approximate surface area is 164 Å². The second kappa shape index (κ2) is 8.14. The number of nitrogens with zero attached hydrogens (tertiary/aromatic N) is 3. The first-order valence-corrected chi connectivity index (χ1v) is 10.5. The van der Waals surface area contributed by atoms with Crippen LogP contribution in [0, 0.1) is 5.82 Å². The summed E-state index contributed by atoms with van der Waals surface area (Å²) in [5, 5.41) is 14.9. The maximum Gasteiger partial charge on any atom is 0.317 e. The molecule has 1 N–H and O–H groups in total. The Kier molecular flexibility index (Phi) is 5.45. The van der Waals surface area contributed by atoms with E-state index >= 15 is 0 Å². The molecule has 8 heteroatoms. The topological polar surface area (TPSA) is 58.1 Å². The number of hydrogen-bond donors (Lipinski definition) is 1. The van der Waals surface area contributed by atoms with Gasteiger partial charge in [-0.25, -0.2) is 9.18 Å². The molecule has 3 aromatic rings. The van der Waals surface area contributed by atoms with E-state index in [1.54, 1.807) is 29.5 Å². The number of thiophene rings is 1. The van der Waals surface area contributed by atoms with E-state index in [0.717, 1.165) is 29.3 Å². The molecule has 1 fully saturated rings. The van der Waals surface area contributed by atoms with E-state index in [1.807, 2.05) is 22.4 Å². The lowest BCUT2D eigenvalue weighted by Crippen LogP contribution is -2.44. The van der Waals surface area contributed by atoms with Crippen molar-refractivity contribution < 1.29 is 9.18 Å². The van der Waals surface area contributed by atoms with Crippen molar-refractivity contribution in [2.24, 2.45) is 0 Å². The molecule has 1 aromatic carbocycles. The number of halogens is 1. The highest BCUT2D eigenvalue weighted by molar-refractivity contribution is 7.14. The molecule has 2 amide bonds. The summed E-state index contributed by atoms with van der Waals surface area (Å²) >= 11 is 3.04. The van der Waals surface area contributed by atoms with Gasteiger partial charge < -0.3 is 10.2 Å². The van der Waals surface area contributed by atoms with Crippen LogP contribution in [0.2, 0.25) is 0 Å². The lowest BCUT2D eigenvalue weighted by Gasteiger charge is -2.31. The monoisotopic (exact) mass is 402 g/mol. The number of carbonyl (C=O) groups excluding carboxylic acids is 1. The van der Waals surface area contributed by atoms with E-state index in [0.29, 0.717) is 23.7 Å². The van der Waals surface area contributed by atoms with Crippen LogP contribution in [0.4, 0.5) is 9.18 Å². The number of likely N-dealkylation sites (tertiary alicyclic amines) is 1. The Morgan fingerprint density at radius 3 is 2.96 bits per heavy atom. The summed E-state index contributed by atoms with van der Waals surface area (Å²) in [7, 11) is 0. The highest BCUT2D eigenvalue weighted by Gasteiger charge is 2.27. The van der Waals surface area contributed by atoms with Crippen molar-refractivity contribution in [1.82, 2.24) is 20.4 Å². The van der Waals surface area contributed by atoms with E-state index < -0.39 is 0 Å². The van der Waals surface area contributed by atoms with Gasteiger partial charge in [0.2, 0.25) is 0 Å². The standard InChI is InChI=1S/C19H19FN4OS2/c20-16-8-2-1-7-15(16)18-23-22-17(27-18)13-5-3-9-24(12-13)19(25)21-11-14-6-4-10-26-14/h1-2,4,6-8,10,13H,3,5,9,11-12H2,(H,21,25)/t13-/m1/s1. The van der Waals surface area contributed by atoms with Crippen LogP contribution in [0.1, 0.15) is 28.6 Å². The minimum Gasteiger partial charge on any atom is -0.333 e. The van der Waals surface area contributed by atoms with Gasteiger partial charge >= 0.3 is 6.03 Å². The van der Waals surface area contributed by atoms with Gasteiger partial charge in [-0.1, -0.05) is 29.5 Å². The van der Waals surface area contributed by atoms with Crippen LogP contribution >= 0.6 is 22.7 Å². The van der Waals surface area contributed by atoms with Gasteiger partial charge in [-0.05, 0) is 36.4 Å². The third-order valence-electron chi connectivity index (χ3n) is 4.60. The van der Waals surface area contributed by atoms with Crippen LogP contribution in [-0.2, 0) is 6.54 Å². The second-order valence-corrected chi connectivity index (χ2v) is 8.49. The third-order valence-corrected chi connectivity index (χ3v) is 6.59. The van der Waals surface area contributed by atoms with Crippen molar-refractivity contribution in [3.8, 4) is 10.6 Å². The highest BCUT2D eigenvalue weighted by atomic mass is 32.1. The summed E-state index contributed by atoms with van der Waals surface area (Å²) in [6.07, 6.45) is 1.88. The molecule has 0 radical (unpaired) electrons. The summed E-state index contributed by atoms with van der Waals surface area (Å²) in [5.74, 6) is -0.150. The van der Waals surface area contributed by atoms with E-state index in [9.17, 15) is 9.18 Å². The molecule has 0 unspecified atom stereocenters. The predicted octanol–water partition coefficient (Wildman–Crippen LogP) is 4.49. The zero-order valence-electron chi connectivity index (χ0n) is 14.6. The van der Waals surface area contributed by atoms with Crippen molar-refractivity contribution in [2.75, 3.05) is 13.1 Å². The number of benzene rings is 1. The lowest BCUT2D eigenvalue weighted by atomic mass is 9.99. The Balaban J connectivity index is 1.41. The van der Waals surface area contributed by atoms with Crippen LogP contribution in [0.15, 0.2) is 41.8 Å². The average Bonchev–Trinajstić information content (AvgIpc) is 3.39. The van der Waals surface area contributed by atoms with Gasteiger partial charge in [0.15, 0.2) is 5.01 Å². The number of carbonyl (C=O) groups is 1. The maximum absolute atomic E-state index is 14.0. The highest BCUT2D eigenvalue weighted by Crippen LogP contribution is 2.33. The number of nitrogens with one attached hydrogen (secondary N) is 1. The SMILES string of the molecule is O=C(NCc1cccs1)N1CCC[C@@H](c2nnc(-c3ccccc3F)s2)C1. The van der Waals surface area contributed by atoms with Gasteiger partial charge in [-0.2, -0.15) is 0 Å². The third kappa shape index (κ3) is 4.17. The van der Waals surface area contributed by atoms with Crippen molar-refractivity contribution in [3.05, 3.63) is 57.5 Å². The number of hydrogen-bond acceptors (Lipinski definition) is 5. The molecule has 3 heterocycles. The fourth-order valence-corrected chi connectivity index (χ4v) is 4.83. The molecule has 0 bridgehead atoms. The molecule has 140 valence electrons. The number of rotatable bonds is 4. The minimum atomic E-state index is -0.293. The molecule has 0 aliphatic carbocycles. The summed E-state index contributed by atoms with van der Waals surface area (Å²) in [5.41, 5.74) is 0.475. The number of piperidine rings is 1. The molecule has 0 spiro atoms. The van der Waals surface area contributed by atoms with Crippen LogP contribution in [0.3, 0.4) is 0 Å². The molecule has 1 saturated heterocycles. The second-order valence-electron chi connectivity index (χ2n) is 6.45. The van der Waals surface area contributed by atoms with Crippen molar-refractivity contribution in [3.63, 3.8) is 0 Å². The molecule has 2 aromatic heterocycles.